The molecule has 7 heteroatoms. The minimum Gasteiger partial charge on any atom is -0.371 e. The van der Waals surface area contributed by atoms with Gasteiger partial charge in [-0.3, -0.25) is 4.79 Å². The van der Waals surface area contributed by atoms with E-state index in [1.807, 2.05) is 18.2 Å². The number of nitrogens with one attached hydrogen (secondary N) is 1. The SMILES string of the molecule is CN(CC(=O)NCC1Cc2ccccc2CO1)S(C)(=O)=O. The van der Waals surface area contributed by atoms with Crippen LogP contribution in [-0.2, 0) is 32.6 Å². The number of likely N-dealkylation sites (N-methyl/N-ethyl adjacent to an activating group) is 1. The van der Waals surface area contributed by atoms with Gasteiger partial charge in [-0.2, -0.15) is 4.31 Å². The van der Waals surface area contributed by atoms with Gasteiger partial charge in [0.25, 0.3) is 0 Å². The number of ether oxygens (including phenoxy) is 1. The largest absolute Gasteiger partial charge is 0.371 e. The summed E-state index contributed by atoms with van der Waals surface area (Å²) < 4.78 is 29.2. The molecule has 0 fully saturated rings. The first kappa shape index (κ1) is 15.9. The molecule has 0 saturated carbocycles. The van der Waals surface area contributed by atoms with Gasteiger partial charge in [-0.05, 0) is 11.1 Å². The minimum atomic E-state index is -3.34. The summed E-state index contributed by atoms with van der Waals surface area (Å²) in [4.78, 5) is 11.7. The molecule has 6 nitrogen and oxygen atoms in total. The normalized spacial score (nSPS) is 18.3. The highest BCUT2D eigenvalue weighted by atomic mass is 32.2. The quantitative estimate of drug-likeness (QED) is 0.839. The number of carbonyl (C=O) groups excluding carboxylic acids is 1. The van der Waals surface area contributed by atoms with Crippen molar-refractivity contribution in [3.8, 4) is 0 Å². The predicted octanol–water partition coefficient (Wildman–Crippen LogP) is 0.136. The van der Waals surface area contributed by atoms with Crippen molar-refractivity contribution in [1.29, 1.82) is 0 Å². The number of rotatable bonds is 5. The molecule has 116 valence electrons. The summed E-state index contributed by atoms with van der Waals surface area (Å²) in [5.74, 6) is -0.328. The molecule has 1 aliphatic rings. The molecule has 1 unspecified atom stereocenters. The lowest BCUT2D eigenvalue weighted by Gasteiger charge is -2.25. The Balaban J connectivity index is 1.81. The van der Waals surface area contributed by atoms with Crippen molar-refractivity contribution >= 4 is 15.9 Å². The molecule has 1 aliphatic heterocycles. The smallest absolute Gasteiger partial charge is 0.235 e. The molecule has 0 aromatic heterocycles. The molecule has 0 spiro atoms. The second kappa shape index (κ2) is 6.55. The number of hydrogen-bond donors (Lipinski definition) is 1. The maximum Gasteiger partial charge on any atom is 0.235 e. The standard InChI is InChI=1S/C14H20N2O4S/c1-16(21(2,18)19)9-14(17)15-8-13-7-11-5-3-4-6-12(11)10-20-13/h3-6,13H,7-10H2,1-2H3,(H,15,17). The Morgan fingerprint density at radius 3 is 2.71 bits per heavy atom. The van der Waals surface area contributed by atoms with Crippen LogP contribution in [0.15, 0.2) is 24.3 Å². The van der Waals surface area contributed by atoms with Crippen LogP contribution in [0.5, 0.6) is 0 Å². The van der Waals surface area contributed by atoms with Crippen LogP contribution in [0.1, 0.15) is 11.1 Å². The molecule has 1 amide bonds. The van der Waals surface area contributed by atoms with E-state index >= 15 is 0 Å². The molecule has 0 saturated heterocycles. The highest BCUT2D eigenvalue weighted by molar-refractivity contribution is 7.88. The van der Waals surface area contributed by atoms with Crippen molar-refractivity contribution in [3.63, 3.8) is 0 Å². The molecular formula is C14H20N2O4S. The number of amides is 1. The maximum atomic E-state index is 11.7. The van der Waals surface area contributed by atoms with Gasteiger partial charge in [0.05, 0.1) is 25.5 Å². The van der Waals surface area contributed by atoms with Crippen molar-refractivity contribution in [2.24, 2.45) is 0 Å². The lowest BCUT2D eigenvalue weighted by molar-refractivity contribution is -0.121. The molecular weight excluding hydrogens is 292 g/mol. The number of benzene rings is 1. The summed E-state index contributed by atoms with van der Waals surface area (Å²) in [7, 11) is -1.96. The monoisotopic (exact) mass is 312 g/mol. The zero-order chi connectivity index (χ0) is 15.5. The van der Waals surface area contributed by atoms with E-state index in [9.17, 15) is 13.2 Å². The van der Waals surface area contributed by atoms with Gasteiger partial charge in [-0.1, -0.05) is 24.3 Å². The Labute approximate surface area is 125 Å². The summed E-state index contributed by atoms with van der Waals surface area (Å²) in [6, 6.07) is 8.06. The third-order valence-electron chi connectivity index (χ3n) is 3.50. The van der Waals surface area contributed by atoms with Gasteiger partial charge in [-0.25, -0.2) is 8.42 Å². The fraction of sp³-hybridized carbons (Fsp3) is 0.500. The van der Waals surface area contributed by atoms with Crippen LogP contribution in [0.2, 0.25) is 0 Å². The summed E-state index contributed by atoms with van der Waals surface area (Å²) in [5, 5.41) is 2.72. The van der Waals surface area contributed by atoms with Gasteiger partial charge in [0, 0.05) is 20.0 Å². The van der Waals surface area contributed by atoms with Crippen LogP contribution in [0, 0.1) is 0 Å². The summed E-state index contributed by atoms with van der Waals surface area (Å²) in [5.41, 5.74) is 2.41. The highest BCUT2D eigenvalue weighted by Gasteiger charge is 2.20. The van der Waals surface area contributed by atoms with Crippen LogP contribution in [-0.4, -0.2) is 51.1 Å². The van der Waals surface area contributed by atoms with Crippen molar-refractivity contribution in [2.45, 2.75) is 19.1 Å². The summed E-state index contributed by atoms with van der Waals surface area (Å²) >= 11 is 0. The molecule has 1 aromatic rings. The third-order valence-corrected chi connectivity index (χ3v) is 4.76. The molecule has 1 heterocycles. The number of hydrogen-bond acceptors (Lipinski definition) is 4. The van der Waals surface area contributed by atoms with Crippen LogP contribution >= 0.6 is 0 Å². The van der Waals surface area contributed by atoms with Gasteiger partial charge in [0.15, 0.2) is 0 Å². The average molecular weight is 312 g/mol. The molecule has 1 N–H and O–H groups in total. The Hall–Kier alpha value is -1.44. The first-order valence-corrected chi connectivity index (χ1v) is 8.57. The Kier molecular flexibility index (Phi) is 4.97. The first-order valence-electron chi connectivity index (χ1n) is 6.72. The van der Waals surface area contributed by atoms with Crippen LogP contribution in [0.25, 0.3) is 0 Å². The lowest BCUT2D eigenvalue weighted by Crippen LogP contribution is -2.42. The highest BCUT2D eigenvalue weighted by Crippen LogP contribution is 2.19. The zero-order valence-electron chi connectivity index (χ0n) is 12.2. The van der Waals surface area contributed by atoms with Gasteiger partial charge >= 0.3 is 0 Å². The molecule has 0 aliphatic carbocycles. The van der Waals surface area contributed by atoms with Crippen molar-refractivity contribution in [2.75, 3.05) is 26.4 Å². The number of sulfonamides is 1. The Bertz CT molecular complexity index is 615. The second-order valence-electron chi connectivity index (χ2n) is 5.23. The van der Waals surface area contributed by atoms with E-state index in [4.69, 9.17) is 4.74 Å². The van der Waals surface area contributed by atoms with Gasteiger partial charge in [0.2, 0.25) is 15.9 Å². The summed E-state index contributed by atoms with van der Waals surface area (Å²) in [6.07, 6.45) is 1.74. The van der Waals surface area contributed by atoms with E-state index in [0.29, 0.717) is 13.2 Å². The lowest BCUT2D eigenvalue weighted by atomic mass is 9.99. The van der Waals surface area contributed by atoms with Gasteiger partial charge < -0.3 is 10.1 Å². The minimum absolute atomic E-state index is 0.0765. The van der Waals surface area contributed by atoms with E-state index in [-0.39, 0.29) is 18.6 Å². The van der Waals surface area contributed by atoms with E-state index in [2.05, 4.69) is 11.4 Å². The van der Waals surface area contributed by atoms with Crippen LogP contribution < -0.4 is 5.32 Å². The molecule has 21 heavy (non-hydrogen) atoms. The van der Waals surface area contributed by atoms with Crippen molar-refractivity contribution < 1.29 is 17.9 Å². The van der Waals surface area contributed by atoms with E-state index in [1.165, 1.54) is 18.2 Å². The third kappa shape index (κ3) is 4.52. The van der Waals surface area contributed by atoms with E-state index in [1.54, 1.807) is 0 Å². The molecule has 0 radical (unpaired) electrons. The fourth-order valence-corrected chi connectivity index (χ4v) is 2.50. The van der Waals surface area contributed by atoms with Crippen molar-refractivity contribution in [1.82, 2.24) is 9.62 Å². The maximum absolute atomic E-state index is 11.7. The van der Waals surface area contributed by atoms with Gasteiger partial charge in [0.1, 0.15) is 0 Å². The number of fused-ring (bicyclic) bond motifs is 1. The topological polar surface area (TPSA) is 75.7 Å². The second-order valence-corrected chi connectivity index (χ2v) is 7.32. The Morgan fingerprint density at radius 1 is 1.38 bits per heavy atom. The molecule has 1 aromatic carbocycles. The fourth-order valence-electron chi connectivity index (χ4n) is 2.14. The van der Waals surface area contributed by atoms with Crippen LogP contribution in [0.4, 0.5) is 0 Å². The molecule has 0 bridgehead atoms. The van der Waals surface area contributed by atoms with Crippen molar-refractivity contribution in [3.05, 3.63) is 35.4 Å². The van der Waals surface area contributed by atoms with Gasteiger partial charge in [-0.15, -0.1) is 0 Å². The average Bonchev–Trinajstić information content (AvgIpc) is 2.44. The first-order chi connectivity index (χ1) is 9.86. The van der Waals surface area contributed by atoms with Crippen LogP contribution in [0.3, 0.4) is 0 Å². The predicted molar refractivity (Wildman–Crippen MR) is 79.2 cm³/mol. The zero-order valence-corrected chi connectivity index (χ0v) is 13.0. The van der Waals surface area contributed by atoms with E-state index < -0.39 is 10.0 Å². The van der Waals surface area contributed by atoms with E-state index in [0.717, 1.165) is 17.0 Å². The molecule has 2 rings (SSSR count). The molecule has 1 atom stereocenters. The summed E-state index contributed by atoms with van der Waals surface area (Å²) in [6.45, 7) is 0.743. The number of nitrogens with zero attached hydrogens (tertiary/aromatic N) is 1. The number of carbonyl (C=O) groups is 1. The Morgan fingerprint density at radius 2 is 2.05 bits per heavy atom.